The van der Waals surface area contributed by atoms with Gasteiger partial charge in [-0.2, -0.15) is 0 Å². The van der Waals surface area contributed by atoms with Crippen molar-refractivity contribution < 1.29 is 14.6 Å². The lowest BCUT2D eigenvalue weighted by atomic mass is 9.99. The maximum absolute atomic E-state index is 12.6. The van der Waals surface area contributed by atoms with Crippen molar-refractivity contribution >= 4 is 12.0 Å². The Morgan fingerprint density at radius 3 is 2.81 bits per heavy atom. The summed E-state index contributed by atoms with van der Waals surface area (Å²) in [4.78, 5) is 14.5. The number of piperidine rings is 1. The van der Waals surface area contributed by atoms with Crippen LogP contribution < -0.4 is 4.74 Å². The van der Waals surface area contributed by atoms with Crippen molar-refractivity contribution in [3.63, 3.8) is 0 Å². The molecule has 0 radical (unpaired) electrons. The van der Waals surface area contributed by atoms with Crippen molar-refractivity contribution in [3.8, 4) is 5.75 Å². The van der Waals surface area contributed by atoms with Gasteiger partial charge in [-0.15, -0.1) is 0 Å². The second-order valence-corrected chi connectivity index (χ2v) is 6.87. The highest BCUT2D eigenvalue weighted by Gasteiger charge is 2.24. The summed E-state index contributed by atoms with van der Waals surface area (Å²) in [5, 5.41) is 9.22. The Hall–Kier alpha value is -2.59. The molecule has 2 aromatic rings. The van der Waals surface area contributed by atoms with Gasteiger partial charge in [0.05, 0.1) is 0 Å². The number of hydrogen-bond donors (Lipinski definition) is 1. The average Bonchev–Trinajstić information content (AvgIpc) is 2.72. The second kappa shape index (κ2) is 9.93. The van der Waals surface area contributed by atoms with Gasteiger partial charge in [-0.1, -0.05) is 42.5 Å². The van der Waals surface area contributed by atoms with Crippen LogP contribution >= 0.6 is 0 Å². The molecular formula is C23H27NO3. The molecule has 1 atom stereocenters. The van der Waals surface area contributed by atoms with E-state index in [2.05, 4.69) is 0 Å². The topological polar surface area (TPSA) is 49.8 Å². The van der Waals surface area contributed by atoms with E-state index in [1.807, 2.05) is 65.6 Å². The summed E-state index contributed by atoms with van der Waals surface area (Å²) >= 11 is 0. The molecule has 1 aliphatic heterocycles. The molecule has 1 aliphatic rings. The highest BCUT2D eigenvalue weighted by molar-refractivity contribution is 5.92. The summed E-state index contributed by atoms with van der Waals surface area (Å²) in [6.45, 7) is 1.41. The quantitative estimate of drug-likeness (QED) is 0.754. The lowest BCUT2D eigenvalue weighted by Gasteiger charge is -2.34. The Kier molecular flexibility index (Phi) is 7.05. The molecular weight excluding hydrogens is 338 g/mol. The van der Waals surface area contributed by atoms with E-state index >= 15 is 0 Å². The zero-order valence-corrected chi connectivity index (χ0v) is 15.6. The van der Waals surface area contributed by atoms with Gasteiger partial charge in [0.2, 0.25) is 5.91 Å². The molecule has 0 saturated carbocycles. The highest BCUT2D eigenvalue weighted by atomic mass is 16.5. The summed E-state index contributed by atoms with van der Waals surface area (Å²) in [7, 11) is 0. The van der Waals surface area contributed by atoms with Crippen LogP contribution in [0.5, 0.6) is 5.75 Å². The fraction of sp³-hybridized carbons (Fsp3) is 0.348. The number of benzene rings is 2. The van der Waals surface area contributed by atoms with Crippen molar-refractivity contribution in [1.82, 2.24) is 4.90 Å². The predicted molar refractivity (Wildman–Crippen MR) is 107 cm³/mol. The van der Waals surface area contributed by atoms with E-state index in [1.165, 1.54) is 0 Å². The number of nitrogens with zero attached hydrogens (tertiary/aromatic N) is 1. The van der Waals surface area contributed by atoms with Crippen LogP contribution in [0.2, 0.25) is 0 Å². The van der Waals surface area contributed by atoms with Gasteiger partial charge in [0, 0.05) is 25.3 Å². The van der Waals surface area contributed by atoms with Crippen molar-refractivity contribution in [2.24, 2.45) is 0 Å². The number of carbonyl (C=O) groups is 1. The number of likely N-dealkylation sites (tertiary alicyclic amines) is 1. The normalized spacial score (nSPS) is 17.2. The molecule has 1 saturated heterocycles. The minimum Gasteiger partial charge on any atom is -0.489 e. The van der Waals surface area contributed by atoms with Gasteiger partial charge in [-0.3, -0.25) is 4.79 Å². The van der Waals surface area contributed by atoms with Crippen molar-refractivity contribution in [2.45, 2.75) is 38.3 Å². The number of amides is 1. The molecule has 4 nitrogen and oxygen atoms in total. The third-order valence-electron chi connectivity index (χ3n) is 4.90. The van der Waals surface area contributed by atoms with E-state index in [0.29, 0.717) is 13.0 Å². The van der Waals surface area contributed by atoms with Crippen LogP contribution in [0.4, 0.5) is 0 Å². The van der Waals surface area contributed by atoms with Gasteiger partial charge in [0.25, 0.3) is 0 Å². The van der Waals surface area contributed by atoms with Crippen molar-refractivity contribution in [2.75, 3.05) is 13.2 Å². The Morgan fingerprint density at radius 1 is 1.15 bits per heavy atom. The molecule has 1 heterocycles. The maximum atomic E-state index is 12.6. The standard InChI is InChI=1S/C23H27NO3/c25-16-14-21-10-4-5-15-24(21)23(26)13-12-19-9-6-11-22(17-19)27-18-20-7-2-1-3-8-20/h1-3,6-9,11-13,17,21,25H,4-5,10,14-16,18H2/b13-12+. The number of carbonyl (C=O) groups excluding carboxylic acids is 1. The van der Waals surface area contributed by atoms with Crippen molar-refractivity contribution in [1.29, 1.82) is 0 Å². The Morgan fingerprint density at radius 2 is 2.00 bits per heavy atom. The first kappa shape index (κ1) is 19.2. The first-order valence-electron chi connectivity index (χ1n) is 9.62. The van der Waals surface area contributed by atoms with E-state index in [4.69, 9.17) is 4.74 Å². The minimum atomic E-state index is 0.0174. The van der Waals surface area contributed by atoms with Crippen LogP contribution in [0.1, 0.15) is 36.8 Å². The van der Waals surface area contributed by atoms with E-state index in [-0.39, 0.29) is 18.6 Å². The average molecular weight is 365 g/mol. The summed E-state index contributed by atoms with van der Waals surface area (Å²) in [6, 6.07) is 17.9. The lowest BCUT2D eigenvalue weighted by molar-refractivity contribution is -0.129. The minimum absolute atomic E-state index is 0.0174. The van der Waals surface area contributed by atoms with E-state index < -0.39 is 0 Å². The zero-order chi connectivity index (χ0) is 18.9. The van der Waals surface area contributed by atoms with Crippen LogP contribution in [0.3, 0.4) is 0 Å². The molecule has 1 N–H and O–H groups in total. The van der Waals surface area contributed by atoms with E-state index in [9.17, 15) is 9.90 Å². The summed E-state index contributed by atoms with van der Waals surface area (Å²) in [5.74, 6) is 0.799. The predicted octanol–water partition coefficient (Wildman–Crippen LogP) is 4.04. The first-order valence-corrected chi connectivity index (χ1v) is 9.62. The molecule has 1 unspecified atom stereocenters. The molecule has 4 heteroatoms. The monoisotopic (exact) mass is 365 g/mol. The molecule has 3 rings (SSSR count). The SMILES string of the molecule is O=C(/C=C/c1cccc(OCc2ccccc2)c1)N1CCCCC1CCO. The van der Waals surface area contributed by atoms with Crippen LogP contribution in [0.25, 0.3) is 6.08 Å². The molecule has 27 heavy (non-hydrogen) atoms. The molecule has 0 spiro atoms. The molecule has 0 aliphatic carbocycles. The smallest absolute Gasteiger partial charge is 0.246 e. The van der Waals surface area contributed by atoms with E-state index in [0.717, 1.165) is 42.7 Å². The van der Waals surface area contributed by atoms with Crippen molar-refractivity contribution in [3.05, 3.63) is 71.8 Å². The highest BCUT2D eigenvalue weighted by Crippen LogP contribution is 2.21. The second-order valence-electron chi connectivity index (χ2n) is 6.87. The van der Waals surface area contributed by atoms with Crippen LogP contribution in [0, 0.1) is 0 Å². The summed E-state index contributed by atoms with van der Waals surface area (Å²) < 4.78 is 5.85. The maximum Gasteiger partial charge on any atom is 0.246 e. The number of aliphatic hydroxyl groups is 1. The van der Waals surface area contributed by atoms with E-state index in [1.54, 1.807) is 6.08 Å². The summed E-state index contributed by atoms with van der Waals surface area (Å²) in [6.07, 6.45) is 7.25. The van der Waals surface area contributed by atoms with Gasteiger partial charge in [-0.25, -0.2) is 0 Å². The third-order valence-corrected chi connectivity index (χ3v) is 4.90. The fourth-order valence-corrected chi connectivity index (χ4v) is 3.45. The first-order chi connectivity index (χ1) is 13.3. The van der Waals surface area contributed by atoms with Gasteiger partial charge < -0.3 is 14.7 Å². The molecule has 2 aromatic carbocycles. The van der Waals surface area contributed by atoms with Gasteiger partial charge >= 0.3 is 0 Å². The van der Waals surface area contributed by atoms with Crippen LogP contribution in [0.15, 0.2) is 60.7 Å². The fourth-order valence-electron chi connectivity index (χ4n) is 3.45. The van der Waals surface area contributed by atoms with Gasteiger partial charge in [0.1, 0.15) is 12.4 Å². The summed E-state index contributed by atoms with van der Waals surface area (Å²) in [5.41, 5.74) is 2.05. The van der Waals surface area contributed by atoms with Crippen LogP contribution in [-0.4, -0.2) is 35.1 Å². The van der Waals surface area contributed by atoms with Gasteiger partial charge in [0.15, 0.2) is 0 Å². The number of hydrogen-bond acceptors (Lipinski definition) is 3. The molecule has 0 aromatic heterocycles. The third kappa shape index (κ3) is 5.69. The Labute approximate surface area is 161 Å². The molecule has 0 bridgehead atoms. The van der Waals surface area contributed by atoms with Crippen LogP contribution in [-0.2, 0) is 11.4 Å². The molecule has 1 amide bonds. The number of aliphatic hydroxyl groups excluding tert-OH is 1. The Bertz CT molecular complexity index is 755. The molecule has 1 fully saturated rings. The zero-order valence-electron chi connectivity index (χ0n) is 15.6. The molecule has 142 valence electrons. The lowest BCUT2D eigenvalue weighted by Crippen LogP contribution is -2.43. The van der Waals surface area contributed by atoms with Gasteiger partial charge in [-0.05, 0) is 55.0 Å². The number of ether oxygens (including phenoxy) is 1. The number of rotatable bonds is 7. The largest absolute Gasteiger partial charge is 0.489 e. The Balaban J connectivity index is 1.60.